The maximum Gasteiger partial charge on any atom is 0.259 e. The molecular weight excluding hydrogens is 398 g/mol. The lowest BCUT2D eigenvalue weighted by molar-refractivity contribution is 0.102. The molecule has 1 amide bonds. The molecule has 0 fully saturated rings. The number of hydrogen-bond acceptors (Lipinski definition) is 4. The van der Waals surface area contributed by atoms with Gasteiger partial charge in [0.05, 0.1) is 11.3 Å². The summed E-state index contributed by atoms with van der Waals surface area (Å²) in [6, 6.07) is 23.4. The van der Waals surface area contributed by atoms with Gasteiger partial charge in [0.2, 0.25) is 0 Å². The van der Waals surface area contributed by atoms with Crippen molar-refractivity contribution in [1.82, 2.24) is 0 Å². The van der Waals surface area contributed by atoms with Gasteiger partial charge in [-0.15, -0.1) is 5.11 Å². The van der Waals surface area contributed by atoms with Crippen molar-refractivity contribution >= 4 is 45.3 Å². The zero-order valence-corrected chi connectivity index (χ0v) is 16.9. The van der Waals surface area contributed by atoms with E-state index in [-0.39, 0.29) is 17.0 Å². The number of rotatable bonds is 4. The molecule has 148 valence electrons. The molecule has 0 atom stereocenters. The monoisotopic (exact) mass is 415 g/mol. The molecule has 30 heavy (non-hydrogen) atoms. The molecule has 0 saturated heterocycles. The highest BCUT2D eigenvalue weighted by molar-refractivity contribution is 6.31. The van der Waals surface area contributed by atoms with Crippen molar-refractivity contribution in [2.24, 2.45) is 10.2 Å². The number of aryl methyl sites for hydroxylation is 1. The molecule has 0 unspecified atom stereocenters. The van der Waals surface area contributed by atoms with Crippen LogP contribution in [0.15, 0.2) is 89.1 Å². The normalized spacial score (nSPS) is 11.1. The lowest BCUT2D eigenvalue weighted by atomic mass is 10.0. The Balaban J connectivity index is 1.78. The molecule has 0 heterocycles. The zero-order valence-electron chi connectivity index (χ0n) is 16.1. The van der Waals surface area contributed by atoms with E-state index >= 15 is 0 Å². The third-order valence-corrected chi connectivity index (χ3v) is 5.10. The number of phenolic OH excluding ortho intramolecular Hbond substituents is 1. The third-order valence-electron chi connectivity index (χ3n) is 4.68. The Morgan fingerprint density at radius 2 is 1.67 bits per heavy atom. The fourth-order valence-electron chi connectivity index (χ4n) is 3.11. The van der Waals surface area contributed by atoms with Crippen LogP contribution in [-0.4, -0.2) is 11.0 Å². The van der Waals surface area contributed by atoms with E-state index in [1.54, 1.807) is 36.4 Å². The second-order valence-corrected chi connectivity index (χ2v) is 7.20. The number of nitrogens with zero attached hydrogens (tertiary/aromatic N) is 2. The highest BCUT2D eigenvalue weighted by Crippen LogP contribution is 2.39. The first-order chi connectivity index (χ1) is 14.5. The minimum absolute atomic E-state index is 0.124. The largest absolute Gasteiger partial charge is 0.505 e. The number of nitrogens with one attached hydrogen (secondary N) is 1. The predicted octanol–water partition coefficient (Wildman–Crippen LogP) is 7.17. The average Bonchev–Trinajstić information content (AvgIpc) is 2.75. The molecule has 0 aliphatic rings. The molecule has 2 N–H and O–H groups in total. The Kier molecular flexibility index (Phi) is 5.46. The van der Waals surface area contributed by atoms with Gasteiger partial charge >= 0.3 is 0 Å². The van der Waals surface area contributed by atoms with Crippen molar-refractivity contribution in [1.29, 1.82) is 0 Å². The molecule has 0 saturated carbocycles. The molecule has 0 radical (unpaired) electrons. The lowest BCUT2D eigenvalue weighted by Crippen LogP contribution is -2.12. The van der Waals surface area contributed by atoms with Crippen molar-refractivity contribution < 1.29 is 9.90 Å². The number of aromatic hydroxyl groups is 1. The number of fused-ring (bicyclic) bond motifs is 1. The number of azo groups is 1. The van der Waals surface area contributed by atoms with Gasteiger partial charge in [0, 0.05) is 16.1 Å². The zero-order chi connectivity index (χ0) is 21.1. The number of amides is 1. The highest BCUT2D eigenvalue weighted by atomic mass is 35.5. The number of phenols is 1. The fourth-order valence-corrected chi connectivity index (χ4v) is 3.23. The second-order valence-electron chi connectivity index (χ2n) is 6.80. The molecule has 6 heteroatoms. The Hall–Kier alpha value is -3.70. The van der Waals surface area contributed by atoms with Gasteiger partial charge in [0.15, 0.2) is 5.75 Å². The van der Waals surface area contributed by atoms with Crippen molar-refractivity contribution in [3.05, 3.63) is 95.0 Å². The van der Waals surface area contributed by atoms with Gasteiger partial charge in [-0.05, 0) is 54.3 Å². The summed E-state index contributed by atoms with van der Waals surface area (Å²) in [6.07, 6.45) is 0. The summed E-state index contributed by atoms with van der Waals surface area (Å²) in [7, 11) is 0. The van der Waals surface area contributed by atoms with Crippen LogP contribution in [0, 0.1) is 6.92 Å². The number of carbonyl (C=O) groups excluding carboxylic acids is 1. The summed E-state index contributed by atoms with van der Waals surface area (Å²) in [5.74, 6) is -0.653. The van der Waals surface area contributed by atoms with Gasteiger partial charge in [-0.25, -0.2) is 0 Å². The van der Waals surface area contributed by atoms with Crippen molar-refractivity contribution in [3.8, 4) is 5.75 Å². The van der Waals surface area contributed by atoms with Gasteiger partial charge in [-0.1, -0.05) is 54.1 Å². The van der Waals surface area contributed by atoms with E-state index in [0.717, 1.165) is 10.9 Å². The number of anilines is 1. The smallest absolute Gasteiger partial charge is 0.259 e. The first-order valence-electron chi connectivity index (χ1n) is 9.32. The number of hydrogen-bond donors (Lipinski definition) is 2. The molecule has 4 aromatic rings. The van der Waals surface area contributed by atoms with E-state index in [9.17, 15) is 9.90 Å². The third kappa shape index (κ3) is 4.02. The van der Waals surface area contributed by atoms with Crippen LogP contribution < -0.4 is 5.32 Å². The fraction of sp³-hybridized carbons (Fsp3) is 0.0417. The average molecular weight is 416 g/mol. The van der Waals surface area contributed by atoms with Crippen molar-refractivity contribution in [2.75, 3.05) is 5.32 Å². The van der Waals surface area contributed by atoms with Gasteiger partial charge < -0.3 is 10.4 Å². The number of para-hydroxylation sites is 1. The summed E-state index contributed by atoms with van der Waals surface area (Å²) >= 11 is 6.07. The first kappa shape index (κ1) is 19.6. The van der Waals surface area contributed by atoms with Crippen LogP contribution in [0.2, 0.25) is 5.02 Å². The van der Waals surface area contributed by atoms with E-state index < -0.39 is 5.91 Å². The molecule has 0 aliphatic carbocycles. The number of carbonyl (C=O) groups is 1. The van der Waals surface area contributed by atoms with E-state index in [1.165, 1.54) is 0 Å². The standard InChI is InChI=1S/C24H18ClN3O2/c1-15-13-18(11-12-21(15)25)27-28-22-19-10-6-5-7-16(19)14-20(23(22)29)24(30)26-17-8-3-2-4-9-17/h2-14,29H,1H3,(H,26,30). The number of halogens is 1. The Labute approximate surface area is 178 Å². The lowest BCUT2D eigenvalue weighted by Gasteiger charge is -2.11. The molecule has 5 nitrogen and oxygen atoms in total. The molecule has 0 aliphatic heterocycles. The summed E-state index contributed by atoms with van der Waals surface area (Å²) < 4.78 is 0. The Bertz CT molecular complexity index is 1270. The summed E-state index contributed by atoms with van der Waals surface area (Å²) in [5, 5.41) is 24.3. The number of benzene rings is 4. The van der Waals surface area contributed by atoms with Gasteiger partial charge in [-0.2, -0.15) is 5.11 Å². The molecule has 4 rings (SSSR count). The molecule has 0 bridgehead atoms. The van der Waals surface area contributed by atoms with Gasteiger partial charge in [0.1, 0.15) is 5.69 Å². The van der Waals surface area contributed by atoms with E-state index in [0.29, 0.717) is 21.8 Å². The Morgan fingerprint density at radius 3 is 2.43 bits per heavy atom. The summed E-state index contributed by atoms with van der Waals surface area (Å²) in [6.45, 7) is 1.88. The minimum Gasteiger partial charge on any atom is -0.505 e. The van der Waals surface area contributed by atoms with E-state index in [2.05, 4.69) is 15.5 Å². The predicted molar refractivity (Wildman–Crippen MR) is 120 cm³/mol. The van der Waals surface area contributed by atoms with Gasteiger partial charge in [0.25, 0.3) is 5.91 Å². The highest BCUT2D eigenvalue weighted by Gasteiger charge is 2.18. The Morgan fingerprint density at radius 1 is 0.933 bits per heavy atom. The molecule has 4 aromatic carbocycles. The molecule has 0 spiro atoms. The topological polar surface area (TPSA) is 74.0 Å². The van der Waals surface area contributed by atoms with Crippen molar-refractivity contribution in [3.63, 3.8) is 0 Å². The SMILES string of the molecule is Cc1cc(N=Nc2c(O)c(C(=O)Nc3ccccc3)cc3ccccc23)ccc1Cl. The van der Waals surface area contributed by atoms with Crippen LogP contribution in [0.25, 0.3) is 10.8 Å². The van der Waals surface area contributed by atoms with Crippen LogP contribution in [0.1, 0.15) is 15.9 Å². The van der Waals surface area contributed by atoms with Crippen LogP contribution in [-0.2, 0) is 0 Å². The maximum absolute atomic E-state index is 12.8. The quantitative estimate of drug-likeness (QED) is 0.346. The van der Waals surface area contributed by atoms with Gasteiger partial charge in [-0.3, -0.25) is 4.79 Å². The minimum atomic E-state index is -0.428. The first-order valence-corrected chi connectivity index (χ1v) is 9.70. The van der Waals surface area contributed by atoms with E-state index in [1.807, 2.05) is 49.4 Å². The van der Waals surface area contributed by atoms with Crippen LogP contribution in [0.4, 0.5) is 17.1 Å². The van der Waals surface area contributed by atoms with E-state index in [4.69, 9.17) is 11.6 Å². The van der Waals surface area contributed by atoms with Crippen LogP contribution >= 0.6 is 11.6 Å². The maximum atomic E-state index is 12.8. The van der Waals surface area contributed by atoms with Crippen molar-refractivity contribution in [2.45, 2.75) is 6.92 Å². The molecular formula is C24H18ClN3O2. The second kappa shape index (κ2) is 8.35. The van der Waals surface area contributed by atoms with Crippen LogP contribution in [0.3, 0.4) is 0 Å². The summed E-state index contributed by atoms with van der Waals surface area (Å²) in [4.78, 5) is 12.8. The molecule has 0 aromatic heterocycles. The summed E-state index contributed by atoms with van der Waals surface area (Å²) in [5.41, 5.74) is 2.46. The van der Waals surface area contributed by atoms with Crippen LogP contribution in [0.5, 0.6) is 5.75 Å².